The van der Waals surface area contributed by atoms with Gasteiger partial charge < -0.3 is 5.73 Å². The molecule has 0 aromatic carbocycles. The number of hydrogen-bond acceptors (Lipinski definition) is 4. The first-order chi connectivity index (χ1) is 5.63. The molecule has 3 N–H and O–H groups in total. The molecule has 1 aromatic rings. The molecule has 1 heterocycles. The Morgan fingerprint density at radius 1 is 1.58 bits per heavy atom. The summed E-state index contributed by atoms with van der Waals surface area (Å²) in [5.74, 6) is 0.826. The van der Waals surface area contributed by atoms with Crippen LogP contribution in [0, 0.1) is 5.92 Å². The molecule has 0 amide bonds. The van der Waals surface area contributed by atoms with Gasteiger partial charge >= 0.3 is 0 Å². The SMILES string of the molecule is C=C(C(C)C)C(N)c1nn[nH]n1. The van der Waals surface area contributed by atoms with Gasteiger partial charge in [-0.25, -0.2) is 0 Å². The van der Waals surface area contributed by atoms with E-state index in [0.29, 0.717) is 11.7 Å². The number of hydrogen-bond donors (Lipinski definition) is 2. The van der Waals surface area contributed by atoms with Crippen LogP contribution in [0.4, 0.5) is 0 Å². The summed E-state index contributed by atoms with van der Waals surface area (Å²) in [7, 11) is 0. The van der Waals surface area contributed by atoms with E-state index in [1.54, 1.807) is 0 Å². The Bertz CT molecular complexity index is 251. The Morgan fingerprint density at radius 3 is 2.67 bits per heavy atom. The zero-order valence-corrected chi connectivity index (χ0v) is 7.28. The highest BCUT2D eigenvalue weighted by molar-refractivity contribution is 5.13. The number of aromatic amines is 1. The summed E-state index contributed by atoms with van der Waals surface area (Å²) in [6.45, 7) is 7.92. The molecule has 0 aliphatic rings. The summed E-state index contributed by atoms with van der Waals surface area (Å²) in [5.41, 5.74) is 6.71. The molecule has 0 radical (unpaired) electrons. The lowest BCUT2D eigenvalue weighted by atomic mass is 9.98. The Morgan fingerprint density at radius 2 is 2.25 bits per heavy atom. The maximum absolute atomic E-state index is 5.80. The topological polar surface area (TPSA) is 80.5 Å². The fourth-order valence-electron chi connectivity index (χ4n) is 0.826. The highest BCUT2D eigenvalue weighted by Crippen LogP contribution is 2.19. The lowest BCUT2D eigenvalue weighted by Crippen LogP contribution is -2.17. The molecule has 0 saturated carbocycles. The van der Waals surface area contributed by atoms with E-state index in [0.717, 1.165) is 5.57 Å². The molecule has 66 valence electrons. The van der Waals surface area contributed by atoms with E-state index >= 15 is 0 Å². The molecule has 1 atom stereocenters. The van der Waals surface area contributed by atoms with Crippen LogP contribution in [0.5, 0.6) is 0 Å². The molecule has 0 saturated heterocycles. The van der Waals surface area contributed by atoms with E-state index in [2.05, 4.69) is 27.2 Å². The number of aromatic nitrogens is 4. The number of nitrogens with zero attached hydrogens (tertiary/aromatic N) is 3. The number of nitrogens with one attached hydrogen (secondary N) is 1. The largest absolute Gasteiger partial charge is 0.318 e. The molecule has 12 heavy (non-hydrogen) atoms. The molecule has 0 bridgehead atoms. The monoisotopic (exact) mass is 167 g/mol. The van der Waals surface area contributed by atoms with Crippen molar-refractivity contribution in [2.24, 2.45) is 11.7 Å². The summed E-state index contributed by atoms with van der Waals surface area (Å²) >= 11 is 0. The van der Waals surface area contributed by atoms with Gasteiger partial charge in [0, 0.05) is 0 Å². The average molecular weight is 167 g/mol. The second-order valence-corrected chi connectivity index (χ2v) is 2.98. The van der Waals surface area contributed by atoms with E-state index in [-0.39, 0.29) is 6.04 Å². The highest BCUT2D eigenvalue weighted by Gasteiger charge is 2.16. The van der Waals surface area contributed by atoms with E-state index in [9.17, 15) is 0 Å². The van der Waals surface area contributed by atoms with Crippen LogP contribution in [-0.2, 0) is 0 Å². The summed E-state index contributed by atoms with van der Waals surface area (Å²) in [5, 5.41) is 13.4. The number of H-pyrrole nitrogens is 1. The van der Waals surface area contributed by atoms with Gasteiger partial charge in [0.1, 0.15) is 0 Å². The van der Waals surface area contributed by atoms with E-state index in [4.69, 9.17) is 5.73 Å². The smallest absolute Gasteiger partial charge is 0.195 e. The Kier molecular flexibility index (Phi) is 2.54. The van der Waals surface area contributed by atoms with Crippen LogP contribution < -0.4 is 5.73 Å². The number of nitrogens with two attached hydrogens (primary N) is 1. The molecule has 0 aliphatic heterocycles. The van der Waals surface area contributed by atoms with Crippen molar-refractivity contribution in [3.63, 3.8) is 0 Å². The van der Waals surface area contributed by atoms with Crippen LogP contribution in [0.25, 0.3) is 0 Å². The van der Waals surface area contributed by atoms with Crippen LogP contribution in [0.15, 0.2) is 12.2 Å². The lowest BCUT2D eigenvalue weighted by Gasteiger charge is -2.13. The maximum Gasteiger partial charge on any atom is 0.195 e. The van der Waals surface area contributed by atoms with Crippen molar-refractivity contribution in [1.82, 2.24) is 20.6 Å². The molecule has 1 aromatic heterocycles. The molecule has 0 fully saturated rings. The predicted molar refractivity (Wildman–Crippen MR) is 45.1 cm³/mol. The summed E-state index contributed by atoms with van der Waals surface area (Å²) < 4.78 is 0. The van der Waals surface area contributed by atoms with Gasteiger partial charge in [0.05, 0.1) is 6.04 Å². The van der Waals surface area contributed by atoms with Gasteiger partial charge in [-0.15, -0.1) is 10.2 Å². The van der Waals surface area contributed by atoms with Gasteiger partial charge in [-0.2, -0.15) is 5.21 Å². The second kappa shape index (κ2) is 3.44. The van der Waals surface area contributed by atoms with Crippen LogP contribution >= 0.6 is 0 Å². The van der Waals surface area contributed by atoms with Crippen molar-refractivity contribution >= 4 is 0 Å². The quantitative estimate of drug-likeness (QED) is 0.639. The van der Waals surface area contributed by atoms with Gasteiger partial charge in [-0.3, -0.25) is 0 Å². The van der Waals surface area contributed by atoms with Crippen molar-refractivity contribution < 1.29 is 0 Å². The third kappa shape index (κ3) is 1.68. The van der Waals surface area contributed by atoms with Crippen molar-refractivity contribution in [3.8, 4) is 0 Å². The number of tetrazole rings is 1. The first-order valence-electron chi connectivity index (χ1n) is 3.80. The van der Waals surface area contributed by atoms with Crippen LogP contribution in [0.2, 0.25) is 0 Å². The van der Waals surface area contributed by atoms with E-state index in [1.165, 1.54) is 0 Å². The summed E-state index contributed by atoms with van der Waals surface area (Å²) in [6.07, 6.45) is 0. The minimum Gasteiger partial charge on any atom is -0.318 e. The lowest BCUT2D eigenvalue weighted by molar-refractivity contribution is 0.644. The Hall–Kier alpha value is -1.23. The molecular formula is C7H13N5. The summed E-state index contributed by atoms with van der Waals surface area (Å²) in [6, 6.07) is -0.316. The molecular weight excluding hydrogens is 154 g/mol. The van der Waals surface area contributed by atoms with Gasteiger partial charge in [0.25, 0.3) is 0 Å². The van der Waals surface area contributed by atoms with Crippen LogP contribution in [0.3, 0.4) is 0 Å². The highest BCUT2D eigenvalue weighted by atomic mass is 15.5. The molecule has 1 rings (SSSR count). The predicted octanol–water partition coefficient (Wildman–Crippen LogP) is 0.412. The first kappa shape index (κ1) is 8.86. The minimum atomic E-state index is -0.316. The first-order valence-corrected chi connectivity index (χ1v) is 3.80. The van der Waals surface area contributed by atoms with Gasteiger partial charge in [-0.1, -0.05) is 31.2 Å². The van der Waals surface area contributed by atoms with E-state index < -0.39 is 0 Å². The van der Waals surface area contributed by atoms with E-state index in [1.807, 2.05) is 13.8 Å². The van der Waals surface area contributed by atoms with Crippen LogP contribution in [-0.4, -0.2) is 20.6 Å². The van der Waals surface area contributed by atoms with Crippen molar-refractivity contribution in [1.29, 1.82) is 0 Å². The molecule has 0 aliphatic carbocycles. The van der Waals surface area contributed by atoms with Gasteiger partial charge in [-0.05, 0) is 5.92 Å². The van der Waals surface area contributed by atoms with Crippen molar-refractivity contribution in [3.05, 3.63) is 18.0 Å². The van der Waals surface area contributed by atoms with Gasteiger partial charge in [0.2, 0.25) is 0 Å². The minimum absolute atomic E-state index is 0.316. The normalized spacial score (nSPS) is 13.3. The summed E-state index contributed by atoms with van der Waals surface area (Å²) in [4.78, 5) is 0. The standard InChI is InChI=1S/C7H13N5/c1-4(2)5(3)6(8)7-9-11-12-10-7/h4,6H,3,8H2,1-2H3,(H,9,10,11,12). The Labute approximate surface area is 71.0 Å². The van der Waals surface area contributed by atoms with Crippen molar-refractivity contribution in [2.45, 2.75) is 19.9 Å². The fraction of sp³-hybridized carbons (Fsp3) is 0.571. The van der Waals surface area contributed by atoms with Crippen molar-refractivity contribution in [2.75, 3.05) is 0 Å². The molecule has 5 nitrogen and oxygen atoms in total. The zero-order chi connectivity index (χ0) is 9.14. The Balaban J connectivity index is 2.72. The maximum atomic E-state index is 5.80. The zero-order valence-electron chi connectivity index (χ0n) is 7.28. The molecule has 5 heteroatoms. The van der Waals surface area contributed by atoms with Crippen LogP contribution in [0.1, 0.15) is 25.7 Å². The third-order valence-electron chi connectivity index (χ3n) is 1.78. The fourth-order valence-corrected chi connectivity index (χ4v) is 0.826. The average Bonchev–Trinajstić information content (AvgIpc) is 2.53. The third-order valence-corrected chi connectivity index (χ3v) is 1.78. The molecule has 0 spiro atoms. The second-order valence-electron chi connectivity index (χ2n) is 2.98. The molecule has 1 unspecified atom stereocenters. The van der Waals surface area contributed by atoms with Gasteiger partial charge in [0.15, 0.2) is 5.82 Å². The number of rotatable bonds is 3.